The highest BCUT2D eigenvalue weighted by Crippen LogP contribution is 2.27. The van der Waals surface area contributed by atoms with Gasteiger partial charge in [0, 0.05) is 45.3 Å². The highest BCUT2D eigenvalue weighted by Gasteiger charge is 2.27. The van der Waals surface area contributed by atoms with Crippen LogP contribution in [0.1, 0.15) is 53.4 Å². The van der Waals surface area contributed by atoms with Crippen molar-refractivity contribution in [2.45, 2.75) is 65.0 Å². The third-order valence-corrected chi connectivity index (χ3v) is 5.04. The molecule has 0 aromatic carbocycles. The van der Waals surface area contributed by atoms with E-state index in [4.69, 9.17) is 4.74 Å². The van der Waals surface area contributed by atoms with E-state index in [0.717, 1.165) is 51.2 Å². The van der Waals surface area contributed by atoms with Crippen molar-refractivity contribution < 1.29 is 9.53 Å². The van der Waals surface area contributed by atoms with E-state index in [1.54, 1.807) is 0 Å². The molecule has 0 aromatic rings. The van der Waals surface area contributed by atoms with Crippen molar-refractivity contribution in [3.05, 3.63) is 0 Å². The summed E-state index contributed by atoms with van der Waals surface area (Å²) in [5.41, 5.74) is -0.408. The molecule has 1 aliphatic carbocycles. The highest BCUT2D eigenvalue weighted by molar-refractivity contribution is 5.68. The topological polar surface area (TPSA) is 44.8 Å². The summed E-state index contributed by atoms with van der Waals surface area (Å²) < 4.78 is 5.44. The molecule has 0 bridgehead atoms. The predicted molar refractivity (Wildman–Crippen MR) is 93.7 cm³/mol. The third-order valence-electron chi connectivity index (χ3n) is 5.04. The minimum Gasteiger partial charge on any atom is -0.444 e. The third kappa shape index (κ3) is 5.96. The second kappa shape index (κ2) is 8.34. The number of piperazine rings is 1. The van der Waals surface area contributed by atoms with Crippen LogP contribution in [0, 0.1) is 5.92 Å². The van der Waals surface area contributed by atoms with Gasteiger partial charge in [-0.05, 0) is 39.5 Å². The van der Waals surface area contributed by atoms with Gasteiger partial charge in [0.1, 0.15) is 5.60 Å². The number of ether oxygens (including phenoxy) is 1. The molecule has 0 aromatic heterocycles. The SMILES string of the molecule is CCC1CCCC1NCCN1CCN(C(=O)OC(C)(C)C)CC1. The van der Waals surface area contributed by atoms with Gasteiger partial charge in [0.15, 0.2) is 0 Å². The van der Waals surface area contributed by atoms with Gasteiger partial charge in [0.2, 0.25) is 0 Å². The number of nitrogens with zero attached hydrogens (tertiary/aromatic N) is 2. The van der Waals surface area contributed by atoms with Crippen LogP contribution in [0.2, 0.25) is 0 Å². The molecule has 1 amide bonds. The maximum Gasteiger partial charge on any atom is 0.410 e. The van der Waals surface area contributed by atoms with Gasteiger partial charge in [-0.2, -0.15) is 0 Å². The summed E-state index contributed by atoms with van der Waals surface area (Å²) in [6.45, 7) is 13.6. The Balaban J connectivity index is 1.62. The van der Waals surface area contributed by atoms with Crippen LogP contribution in [-0.2, 0) is 4.74 Å². The lowest BCUT2D eigenvalue weighted by molar-refractivity contribution is 0.0146. The molecule has 5 nitrogen and oxygen atoms in total. The minimum absolute atomic E-state index is 0.174. The molecule has 2 aliphatic rings. The lowest BCUT2D eigenvalue weighted by Crippen LogP contribution is -2.51. The number of nitrogens with one attached hydrogen (secondary N) is 1. The molecule has 1 saturated heterocycles. The highest BCUT2D eigenvalue weighted by atomic mass is 16.6. The van der Waals surface area contributed by atoms with Crippen molar-refractivity contribution in [2.24, 2.45) is 5.92 Å². The Hall–Kier alpha value is -0.810. The van der Waals surface area contributed by atoms with Gasteiger partial charge in [-0.3, -0.25) is 4.90 Å². The van der Waals surface area contributed by atoms with Crippen molar-refractivity contribution in [1.82, 2.24) is 15.1 Å². The second-order valence-corrected chi connectivity index (χ2v) is 7.97. The first-order valence-electron chi connectivity index (χ1n) is 9.32. The Morgan fingerprint density at radius 2 is 1.87 bits per heavy atom. The molecule has 2 unspecified atom stereocenters. The van der Waals surface area contributed by atoms with Crippen molar-refractivity contribution in [2.75, 3.05) is 39.3 Å². The fourth-order valence-electron chi connectivity index (χ4n) is 3.68. The van der Waals surface area contributed by atoms with E-state index >= 15 is 0 Å². The molecule has 23 heavy (non-hydrogen) atoms. The number of amides is 1. The van der Waals surface area contributed by atoms with E-state index in [-0.39, 0.29) is 6.09 Å². The first-order chi connectivity index (χ1) is 10.9. The van der Waals surface area contributed by atoms with Crippen molar-refractivity contribution in [3.8, 4) is 0 Å². The molecule has 5 heteroatoms. The molecule has 2 rings (SSSR count). The van der Waals surface area contributed by atoms with Gasteiger partial charge in [0.05, 0.1) is 0 Å². The van der Waals surface area contributed by atoms with Crippen LogP contribution < -0.4 is 5.32 Å². The smallest absolute Gasteiger partial charge is 0.410 e. The Morgan fingerprint density at radius 1 is 1.17 bits per heavy atom. The van der Waals surface area contributed by atoms with E-state index in [1.807, 2.05) is 25.7 Å². The fourth-order valence-corrected chi connectivity index (χ4v) is 3.68. The summed E-state index contributed by atoms with van der Waals surface area (Å²) in [4.78, 5) is 16.3. The molecular formula is C18H35N3O2. The minimum atomic E-state index is -0.408. The van der Waals surface area contributed by atoms with Gasteiger partial charge >= 0.3 is 6.09 Å². The van der Waals surface area contributed by atoms with Crippen molar-refractivity contribution in [3.63, 3.8) is 0 Å². The molecule has 1 heterocycles. The van der Waals surface area contributed by atoms with E-state index in [2.05, 4.69) is 17.1 Å². The number of rotatable bonds is 5. The van der Waals surface area contributed by atoms with Crippen LogP contribution in [0.4, 0.5) is 4.79 Å². The lowest BCUT2D eigenvalue weighted by atomic mass is 10.0. The maximum atomic E-state index is 12.1. The van der Waals surface area contributed by atoms with Crippen LogP contribution in [-0.4, -0.2) is 66.8 Å². The average Bonchev–Trinajstić information content (AvgIpc) is 2.93. The zero-order valence-corrected chi connectivity index (χ0v) is 15.4. The maximum absolute atomic E-state index is 12.1. The number of carbonyl (C=O) groups excluding carboxylic acids is 1. The van der Waals surface area contributed by atoms with E-state index in [9.17, 15) is 4.79 Å². The van der Waals surface area contributed by atoms with Crippen LogP contribution in [0.25, 0.3) is 0 Å². The molecular weight excluding hydrogens is 290 g/mol. The van der Waals surface area contributed by atoms with Crippen LogP contribution >= 0.6 is 0 Å². The quantitative estimate of drug-likeness (QED) is 0.844. The number of hydrogen-bond acceptors (Lipinski definition) is 4. The molecule has 0 radical (unpaired) electrons. The normalized spacial score (nSPS) is 26.5. The van der Waals surface area contributed by atoms with Crippen LogP contribution in [0.5, 0.6) is 0 Å². The molecule has 2 atom stereocenters. The molecule has 0 spiro atoms. The van der Waals surface area contributed by atoms with E-state index < -0.39 is 5.60 Å². The van der Waals surface area contributed by atoms with Crippen molar-refractivity contribution in [1.29, 1.82) is 0 Å². The predicted octanol–water partition coefficient (Wildman–Crippen LogP) is 2.71. The Labute approximate surface area is 141 Å². The fraction of sp³-hybridized carbons (Fsp3) is 0.944. The van der Waals surface area contributed by atoms with Gasteiger partial charge in [-0.25, -0.2) is 4.79 Å². The van der Waals surface area contributed by atoms with Crippen molar-refractivity contribution >= 4 is 6.09 Å². The Kier molecular flexibility index (Phi) is 6.72. The Bertz CT molecular complexity index is 373. The zero-order chi connectivity index (χ0) is 16.9. The summed E-state index contributed by atoms with van der Waals surface area (Å²) >= 11 is 0. The summed E-state index contributed by atoms with van der Waals surface area (Å²) in [6, 6.07) is 0.725. The molecule has 2 fully saturated rings. The van der Waals surface area contributed by atoms with Gasteiger partial charge in [0.25, 0.3) is 0 Å². The summed E-state index contributed by atoms with van der Waals surface area (Å²) in [5, 5.41) is 3.75. The zero-order valence-electron chi connectivity index (χ0n) is 15.4. The number of hydrogen-bond donors (Lipinski definition) is 1. The first-order valence-corrected chi connectivity index (χ1v) is 9.32. The molecule has 1 saturated carbocycles. The summed E-state index contributed by atoms with van der Waals surface area (Å²) in [6.07, 6.45) is 5.23. The van der Waals surface area contributed by atoms with E-state index in [1.165, 1.54) is 25.7 Å². The van der Waals surface area contributed by atoms with Crippen LogP contribution in [0.15, 0.2) is 0 Å². The molecule has 134 valence electrons. The van der Waals surface area contributed by atoms with E-state index in [0.29, 0.717) is 0 Å². The van der Waals surface area contributed by atoms with Gasteiger partial charge in [-0.15, -0.1) is 0 Å². The average molecular weight is 325 g/mol. The summed E-state index contributed by atoms with van der Waals surface area (Å²) in [5.74, 6) is 0.874. The van der Waals surface area contributed by atoms with Gasteiger partial charge < -0.3 is 15.0 Å². The largest absolute Gasteiger partial charge is 0.444 e. The molecule has 1 N–H and O–H groups in total. The lowest BCUT2D eigenvalue weighted by Gasteiger charge is -2.35. The standard InChI is InChI=1S/C18H35N3O2/c1-5-15-7-6-8-16(15)19-9-10-20-11-13-21(14-12-20)17(22)23-18(2,3)4/h15-16,19H,5-14H2,1-4H3. The molecule has 1 aliphatic heterocycles. The van der Waals surface area contributed by atoms with Gasteiger partial charge in [-0.1, -0.05) is 19.8 Å². The van der Waals surface area contributed by atoms with Crippen LogP contribution in [0.3, 0.4) is 0 Å². The monoisotopic (exact) mass is 325 g/mol. The second-order valence-electron chi connectivity index (χ2n) is 7.97. The Morgan fingerprint density at radius 3 is 2.48 bits per heavy atom. The summed E-state index contributed by atoms with van der Waals surface area (Å²) in [7, 11) is 0. The number of carbonyl (C=O) groups is 1. The first kappa shape index (κ1) is 18.5.